The first kappa shape index (κ1) is 12.5. The van der Waals surface area contributed by atoms with Crippen molar-refractivity contribution < 1.29 is 4.74 Å². The summed E-state index contributed by atoms with van der Waals surface area (Å²) in [5.41, 5.74) is 8.90. The smallest absolute Gasteiger partial charge is 0.137 e. The minimum Gasteiger partial charge on any atom is -0.486 e. The van der Waals surface area contributed by atoms with Crippen LogP contribution in [0.1, 0.15) is 50.7 Å². The highest BCUT2D eigenvalue weighted by Crippen LogP contribution is 2.45. The zero-order chi connectivity index (χ0) is 13.0. The van der Waals surface area contributed by atoms with Crippen LogP contribution in [-0.4, -0.2) is 5.60 Å². The van der Waals surface area contributed by atoms with Crippen molar-refractivity contribution in [3.63, 3.8) is 0 Å². The SMILES string of the molecule is CC1(C)Cc2cc(C3(N)CCCC3)cc(Br)c2O1. The lowest BCUT2D eigenvalue weighted by molar-refractivity contribution is 0.137. The third kappa shape index (κ3) is 1.97. The van der Waals surface area contributed by atoms with Gasteiger partial charge in [-0.1, -0.05) is 18.9 Å². The summed E-state index contributed by atoms with van der Waals surface area (Å²) in [5, 5.41) is 0. The van der Waals surface area contributed by atoms with Crippen LogP contribution in [0.25, 0.3) is 0 Å². The molecule has 2 aliphatic rings. The third-order valence-corrected chi connectivity index (χ3v) is 4.77. The van der Waals surface area contributed by atoms with Gasteiger partial charge in [-0.2, -0.15) is 0 Å². The number of benzene rings is 1. The fraction of sp³-hybridized carbons (Fsp3) is 0.600. The molecule has 1 fully saturated rings. The number of nitrogens with two attached hydrogens (primary N) is 1. The molecule has 1 aromatic rings. The summed E-state index contributed by atoms with van der Waals surface area (Å²) in [6, 6.07) is 4.42. The molecular formula is C15H20BrNO. The van der Waals surface area contributed by atoms with Gasteiger partial charge in [0.15, 0.2) is 0 Å². The van der Waals surface area contributed by atoms with E-state index < -0.39 is 0 Å². The molecule has 1 saturated carbocycles. The standard InChI is InChI=1S/C15H20BrNO/c1-14(2)9-10-7-11(8-12(16)13(10)18-14)15(17)5-3-4-6-15/h7-8H,3-6,9,17H2,1-2H3. The molecule has 0 radical (unpaired) electrons. The normalized spacial score (nSPS) is 23.8. The van der Waals surface area contributed by atoms with Crippen molar-refractivity contribution in [2.75, 3.05) is 0 Å². The molecule has 0 bridgehead atoms. The van der Waals surface area contributed by atoms with Gasteiger partial charge in [0.1, 0.15) is 11.4 Å². The van der Waals surface area contributed by atoms with Gasteiger partial charge in [0.05, 0.1) is 4.47 Å². The van der Waals surface area contributed by atoms with Crippen LogP contribution in [0.15, 0.2) is 16.6 Å². The third-order valence-electron chi connectivity index (χ3n) is 4.19. The largest absolute Gasteiger partial charge is 0.486 e. The molecule has 0 saturated heterocycles. The Morgan fingerprint density at radius 2 is 1.89 bits per heavy atom. The summed E-state index contributed by atoms with van der Waals surface area (Å²) >= 11 is 3.64. The van der Waals surface area contributed by atoms with Crippen molar-refractivity contribution in [3.05, 3.63) is 27.7 Å². The first-order valence-electron chi connectivity index (χ1n) is 6.70. The predicted octanol–water partition coefficient (Wildman–Crippen LogP) is 3.89. The van der Waals surface area contributed by atoms with Gasteiger partial charge < -0.3 is 10.5 Å². The average molecular weight is 310 g/mol. The molecule has 0 amide bonds. The van der Waals surface area contributed by atoms with Crippen LogP contribution in [0.5, 0.6) is 5.75 Å². The minimum atomic E-state index is -0.121. The number of rotatable bonds is 1. The number of hydrogen-bond donors (Lipinski definition) is 1. The molecule has 2 nitrogen and oxygen atoms in total. The van der Waals surface area contributed by atoms with E-state index in [1.165, 1.54) is 24.0 Å². The van der Waals surface area contributed by atoms with Gasteiger partial charge >= 0.3 is 0 Å². The Balaban J connectivity index is 2.03. The molecule has 18 heavy (non-hydrogen) atoms. The van der Waals surface area contributed by atoms with Gasteiger partial charge in [-0.25, -0.2) is 0 Å². The van der Waals surface area contributed by atoms with Crippen molar-refractivity contribution in [2.45, 2.75) is 57.1 Å². The molecule has 0 atom stereocenters. The first-order valence-corrected chi connectivity index (χ1v) is 7.50. The number of halogens is 1. The molecule has 3 rings (SSSR count). The van der Waals surface area contributed by atoms with E-state index in [0.717, 1.165) is 29.5 Å². The van der Waals surface area contributed by atoms with Crippen molar-refractivity contribution in [3.8, 4) is 5.75 Å². The summed E-state index contributed by atoms with van der Waals surface area (Å²) in [6.07, 6.45) is 5.65. The molecule has 0 spiro atoms. The van der Waals surface area contributed by atoms with Crippen LogP contribution < -0.4 is 10.5 Å². The van der Waals surface area contributed by atoms with E-state index in [-0.39, 0.29) is 11.1 Å². The van der Waals surface area contributed by atoms with Gasteiger partial charge in [0, 0.05) is 12.0 Å². The Morgan fingerprint density at radius 3 is 2.56 bits per heavy atom. The van der Waals surface area contributed by atoms with E-state index in [0.29, 0.717) is 0 Å². The second kappa shape index (κ2) is 3.97. The van der Waals surface area contributed by atoms with E-state index in [1.54, 1.807) is 0 Å². The monoisotopic (exact) mass is 309 g/mol. The van der Waals surface area contributed by atoms with Gasteiger partial charge in [0.2, 0.25) is 0 Å². The second-order valence-electron chi connectivity index (χ2n) is 6.35. The van der Waals surface area contributed by atoms with E-state index >= 15 is 0 Å². The molecule has 3 heteroatoms. The zero-order valence-electron chi connectivity index (χ0n) is 11.1. The van der Waals surface area contributed by atoms with Gasteiger partial charge in [-0.15, -0.1) is 0 Å². The van der Waals surface area contributed by atoms with Gasteiger partial charge in [0.25, 0.3) is 0 Å². The number of ether oxygens (including phenoxy) is 1. The predicted molar refractivity (Wildman–Crippen MR) is 76.9 cm³/mol. The summed E-state index contributed by atoms with van der Waals surface area (Å²) < 4.78 is 7.04. The molecule has 1 aromatic carbocycles. The summed E-state index contributed by atoms with van der Waals surface area (Å²) in [5.74, 6) is 1.00. The molecule has 0 aromatic heterocycles. The van der Waals surface area contributed by atoms with Gasteiger partial charge in [-0.3, -0.25) is 0 Å². The fourth-order valence-corrected chi connectivity index (χ4v) is 3.83. The van der Waals surface area contributed by atoms with Gasteiger partial charge in [-0.05, 0) is 59.8 Å². The summed E-state index contributed by atoms with van der Waals surface area (Å²) in [6.45, 7) is 4.26. The maximum atomic E-state index is 6.55. The zero-order valence-corrected chi connectivity index (χ0v) is 12.6. The van der Waals surface area contributed by atoms with E-state index in [1.807, 2.05) is 0 Å². The van der Waals surface area contributed by atoms with Crippen LogP contribution >= 0.6 is 15.9 Å². The second-order valence-corrected chi connectivity index (χ2v) is 7.20. The first-order chi connectivity index (χ1) is 8.40. The summed E-state index contributed by atoms with van der Waals surface area (Å²) in [4.78, 5) is 0. The molecule has 1 heterocycles. The maximum Gasteiger partial charge on any atom is 0.137 e. The highest BCUT2D eigenvalue weighted by molar-refractivity contribution is 9.10. The Bertz CT molecular complexity index is 490. The number of hydrogen-bond acceptors (Lipinski definition) is 2. The number of fused-ring (bicyclic) bond motifs is 1. The molecule has 0 unspecified atom stereocenters. The van der Waals surface area contributed by atoms with Crippen LogP contribution in [0.2, 0.25) is 0 Å². The fourth-order valence-electron chi connectivity index (χ4n) is 3.25. The molecule has 1 aliphatic heterocycles. The molecular weight excluding hydrogens is 290 g/mol. The quantitative estimate of drug-likeness (QED) is 0.854. The Hall–Kier alpha value is -0.540. The Kier molecular flexibility index (Phi) is 2.76. The maximum absolute atomic E-state index is 6.55. The molecule has 98 valence electrons. The molecule has 1 aliphatic carbocycles. The Morgan fingerprint density at radius 1 is 1.22 bits per heavy atom. The van der Waals surface area contributed by atoms with Crippen LogP contribution in [0.3, 0.4) is 0 Å². The highest BCUT2D eigenvalue weighted by atomic mass is 79.9. The molecule has 2 N–H and O–H groups in total. The topological polar surface area (TPSA) is 35.2 Å². The van der Waals surface area contributed by atoms with Crippen molar-refractivity contribution in [2.24, 2.45) is 5.73 Å². The van der Waals surface area contributed by atoms with E-state index in [4.69, 9.17) is 10.5 Å². The lowest BCUT2D eigenvalue weighted by atomic mass is 9.87. The average Bonchev–Trinajstić information content (AvgIpc) is 2.82. The van der Waals surface area contributed by atoms with E-state index in [9.17, 15) is 0 Å². The van der Waals surface area contributed by atoms with Crippen molar-refractivity contribution in [1.29, 1.82) is 0 Å². The lowest BCUT2D eigenvalue weighted by Gasteiger charge is -2.25. The van der Waals surface area contributed by atoms with Crippen molar-refractivity contribution in [1.82, 2.24) is 0 Å². The highest BCUT2D eigenvalue weighted by Gasteiger charge is 2.36. The lowest BCUT2D eigenvalue weighted by Crippen LogP contribution is -2.33. The minimum absolute atomic E-state index is 0.0963. The summed E-state index contributed by atoms with van der Waals surface area (Å²) in [7, 11) is 0. The van der Waals surface area contributed by atoms with E-state index in [2.05, 4.69) is 41.9 Å². The van der Waals surface area contributed by atoms with Crippen LogP contribution in [0.4, 0.5) is 0 Å². The van der Waals surface area contributed by atoms with Crippen LogP contribution in [0, 0.1) is 0 Å². The van der Waals surface area contributed by atoms with Crippen LogP contribution in [-0.2, 0) is 12.0 Å². The Labute approximate surface area is 117 Å². The van der Waals surface area contributed by atoms with Crippen molar-refractivity contribution >= 4 is 15.9 Å².